The number of rotatable bonds is 9. The van der Waals surface area contributed by atoms with E-state index in [1.807, 2.05) is 241 Å². The molecule has 8 aromatic heterocycles. The fraction of sp³-hybridized carbons (Fsp3) is 0.129. The van der Waals surface area contributed by atoms with Crippen molar-refractivity contribution in [2.75, 3.05) is 0 Å². The van der Waals surface area contributed by atoms with Crippen LogP contribution in [0.15, 0.2) is 330 Å². The number of para-hydroxylation sites is 3. The van der Waals surface area contributed by atoms with Crippen molar-refractivity contribution in [3.8, 4) is 79.5 Å². The lowest BCUT2D eigenvalue weighted by Gasteiger charge is -2.32. The lowest BCUT2D eigenvalue weighted by Crippen LogP contribution is -2.41. The molecule has 16 nitrogen and oxygen atoms in total. The molecule has 18 aromatic rings. The van der Waals surface area contributed by atoms with Gasteiger partial charge < -0.3 is 18.6 Å². The Morgan fingerprint density at radius 1 is 0.281 bits per heavy atom. The summed E-state index contributed by atoms with van der Waals surface area (Å²) in [6.45, 7) is 16.3. The SMILES string of the molecule is Brc1cccc(-c2cc3ccc4ccccc4n3n2)c1.Brc1cccc(I)c1.CC1(C)OB(c2cc3ccc4ccccc4n3n2)OC1(C)C.CC1(C)OB(c2nc(-c3ccccc3)nc(-c3ccccc3)n2)OC1(C)C.c1ccc(-c2nc(-c3ccccc3)nc(-c3cccc(-c4cc5ccc6ccccc6n5n4)c3)n2)cc1. The van der Waals surface area contributed by atoms with Gasteiger partial charge in [-0.1, -0.05) is 262 Å². The zero-order valence-corrected chi connectivity index (χ0v) is 69.2. The fourth-order valence-electron chi connectivity index (χ4n) is 13.2. The van der Waals surface area contributed by atoms with Crippen LogP contribution in [0.3, 0.4) is 0 Å². The number of fused-ring (bicyclic) bond motifs is 9. The smallest absolute Gasteiger partial charge is 0.398 e. The van der Waals surface area contributed by atoms with E-state index in [9.17, 15) is 0 Å². The Labute approximate surface area is 692 Å². The van der Waals surface area contributed by atoms with Gasteiger partial charge >= 0.3 is 14.2 Å². The van der Waals surface area contributed by atoms with E-state index in [2.05, 4.69) is 218 Å². The predicted molar refractivity (Wildman–Crippen MR) is 475 cm³/mol. The maximum absolute atomic E-state index is 6.16. The van der Waals surface area contributed by atoms with Gasteiger partial charge in [0.1, 0.15) is 0 Å². The van der Waals surface area contributed by atoms with Gasteiger partial charge in [0.2, 0.25) is 0 Å². The molecule has 114 heavy (non-hydrogen) atoms. The first-order chi connectivity index (χ1) is 55.1. The Morgan fingerprint density at radius 2 is 0.596 bits per heavy atom. The van der Waals surface area contributed by atoms with Gasteiger partial charge in [0.15, 0.2) is 34.8 Å². The standard InChI is InChI=1S/C32H21N5.C21H22BN3O2.C17H19BN2O2.C17H11BrN2.C6H4BrI/c1-3-11-23(12-4-1)30-33-31(24-13-5-2-6-14-24)35-32(34-30)26-16-9-15-25(20-26)28-21-27-19-18-22-10-7-8-17-29(22)37(27)36-28;1-20(2)21(3,4)27-22(26-20)19-24-17(15-11-7-5-8-12-15)23-18(25-19)16-13-9-6-10-14-16;1-16(2)17(3,4)22-18(21-16)15-11-13-10-9-12-7-5-6-8-14(12)20(13)19-15;18-14-6-3-5-13(10-14)16-11-15-9-8-12-4-1-2-7-17(12)20(15)19-16;7-5-2-1-3-6(8)4-5/h1-21H;5-14H,1-4H3;5-11H,1-4H3;1-11H;1-4H. The van der Waals surface area contributed by atoms with E-state index in [0.29, 0.717) is 34.8 Å². The van der Waals surface area contributed by atoms with Crippen LogP contribution in [0.1, 0.15) is 55.4 Å². The average Bonchev–Trinajstić information content (AvgIpc) is 1.57. The molecule has 2 saturated heterocycles. The van der Waals surface area contributed by atoms with Gasteiger partial charge in [0, 0.05) is 67.6 Å². The molecule has 0 bridgehead atoms. The van der Waals surface area contributed by atoms with Crippen molar-refractivity contribution in [2.24, 2.45) is 0 Å². The normalized spacial score (nSPS) is 14.4. The molecule has 0 radical (unpaired) electrons. The first-order valence-corrected chi connectivity index (χ1v) is 40.2. The third kappa shape index (κ3) is 16.7. The molecule has 0 spiro atoms. The summed E-state index contributed by atoms with van der Waals surface area (Å²) in [4.78, 5) is 28.6. The minimum Gasteiger partial charge on any atom is -0.398 e. The molecule has 21 heteroatoms. The third-order valence-corrected chi connectivity index (χ3v) is 22.4. The Hall–Kier alpha value is -11.3. The summed E-state index contributed by atoms with van der Waals surface area (Å²) in [6, 6.07) is 108. The molecule has 0 N–H and O–H groups in total. The lowest BCUT2D eigenvalue weighted by atomic mass is 9.85. The van der Waals surface area contributed by atoms with E-state index < -0.39 is 25.4 Å². The first-order valence-electron chi connectivity index (χ1n) is 37.5. The highest BCUT2D eigenvalue weighted by atomic mass is 127. The summed E-state index contributed by atoms with van der Waals surface area (Å²) in [5, 5.41) is 17.9. The Morgan fingerprint density at radius 3 is 0.991 bits per heavy atom. The van der Waals surface area contributed by atoms with Crippen LogP contribution >= 0.6 is 54.5 Å². The van der Waals surface area contributed by atoms with Crippen LogP contribution in [-0.2, 0) is 18.6 Å². The summed E-state index contributed by atoms with van der Waals surface area (Å²) in [6.07, 6.45) is 0. The summed E-state index contributed by atoms with van der Waals surface area (Å²) in [5.41, 5.74) is 14.9. The number of hydrogen-bond donors (Lipinski definition) is 0. The molecular weight excluding hydrogens is 1660 g/mol. The quantitative estimate of drug-likeness (QED) is 0.0990. The van der Waals surface area contributed by atoms with Crippen LogP contribution in [-0.4, -0.2) is 95.4 Å². The van der Waals surface area contributed by atoms with Crippen molar-refractivity contribution in [2.45, 2.75) is 77.8 Å². The van der Waals surface area contributed by atoms with Crippen LogP contribution in [0, 0.1) is 3.57 Å². The van der Waals surface area contributed by atoms with Crippen LogP contribution < -0.4 is 11.3 Å². The van der Waals surface area contributed by atoms with Crippen LogP contribution in [0.25, 0.3) is 129 Å². The molecule has 0 saturated carbocycles. The van der Waals surface area contributed by atoms with E-state index in [1.54, 1.807) is 0 Å². The molecule has 2 aliphatic rings. The first kappa shape index (κ1) is 76.7. The van der Waals surface area contributed by atoms with Gasteiger partial charge in [0.05, 0.1) is 72.5 Å². The third-order valence-electron chi connectivity index (χ3n) is 20.7. The van der Waals surface area contributed by atoms with E-state index in [0.717, 1.165) is 103 Å². The zero-order valence-electron chi connectivity index (χ0n) is 63.9. The van der Waals surface area contributed by atoms with Crippen molar-refractivity contribution < 1.29 is 18.6 Å². The van der Waals surface area contributed by atoms with Crippen LogP contribution in [0.4, 0.5) is 0 Å². The molecule has 2 aliphatic heterocycles. The largest absolute Gasteiger partial charge is 0.534 e. The number of benzene rings is 10. The minimum absolute atomic E-state index is 0.352. The van der Waals surface area contributed by atoms with Gasteiger partial charge in [-0.05, 0) is 169 Å². The highest BCUT2D eigenvalue weighted by Gasteiger charge is 2.54. The number of halogens is 3. The topological polar surface area (TPSA) is 166 Å². The van der Waals surface area contributed by atoms with E-state index in [-0.39, 0.29) is 11.2 Å². The van der Waals surface area contributed by atoms with Crippen molar-refractivity contribution >= 4 is 129 Å². The van der Waals surface area contributed by atoms with Crippen molar-refractivity contribution in [3.05, 3.63) is 334 Å². The summed E-state index contributed by atoms with van der Waals surface area (Å²) in [7, 11) is -1.06. The number of pyridine rings is 3. The van der Waals surface area contributed by atoms with Crippen molar-refractivity contribution in [3.63, 3.8) is 0 Å². The number of aromatic nitrogens is 12. The van der Waals surface area contributed by atoms with Gasteiger partial charge in [-0.3, -0.25) is 0 Å². The molecule has 0 unspecified atom stereocenters. The maximum atomic E-state index is 6.16. The van der Waals surface area contributed by atoms with Crippen LogP contribution in [0.2, 0.25) is 0 Å². The summed E-state index contributed by atoms with van der Waals surface area (Å²) >= 11 is 9.14. The molecule has 10 aromatic carbocycles. The Kier molecular flexibility index (Phi) is 22.0. The second-order valence-corrected chi connectivity index (χ2v) is 32.7. The van der Waals surface area contributed by atoms with E-state index >= 15 is 0 Å². The molecule has 0 amide bonds. The number of hydrogen-bond acceptors (Lipinski definition) is 13. The van der Waals surface area contributed by atoms with E-state index in [1.165, 1.54) is 14.3 Å². The van der Waals surface area contributed by atoms with Crippen molar-refractivity contribution in [1.29, 1.82) is 0 Å². The van der Waals surface area contributed by atoms with Gasteiger partial charge in [-0.2, -0.15) is 15.3 Å². The van der Waals surface area contributed by atoms with Gasteiger partial charge in [0.25, 0.3) is 0 Å². The molecule has 0 atom stereocenters. The zero-order chi connectivity index (χ0) is 78.7. The molecular formula is C93H77B2Br2IN12O4. The van der Waals surface area contributed by atoms with Gasteiger partial charge in [-0.15, -0.1) is 0 Å². The molecule has 10 heterocycles. The Bertz CT molecular complexity index is 6330. The highest BCUT2D eigenvalue weighted by molar-refractivity contribution is 14.1. The second-order valence-electron chi connectivity index (χ2n) is 29.6. The predicted octanol–water partition coefficient (Wildman–Crippen LogP) is 21.6. The fourth-order valence-corrected chi connectivity index (χ4v) is 15.0. The highest BCUT2D eigenvalue weighted by Crippen LogP contribution is 2.39. The number of nitrogens with zero attached hydrogens (tertiary/aromatic N) is 12. The van der Waals surface area contributed by atoms with Crippen molar-refractivity contribution in [1.82, 2.24) is 58.7 Å². The molecule has 0 aliphatic carbocycles. The van der Waals surface area contributed by atoms with Crippen LogP contribution in [0.5, 0.6) is 0 Å². The average molecular weight is 1740 g/mol. The molecule has 2 fully saturated rings. The molecule has 20 rings (SSSR count). The summed E-state index contributed by atoms with van der Waals surface area (Å²) in [5.74, 6) is 3.13. The monoisotopic (exact) mass is 1730 g/mol. The molecule has 560 valence electrons. The lowest BCUT2D eigenvalue weighted by molar-refractivity contribution is 0.00578. The maximum Gasteiger partial charge on any atom is 0.534 e. The second kappa shape index (κ2) is 32.7. The van der Waals surface area contributed by atoms with E-state index in [4.69, 9.17) is 48.9 Å². The van der Waals surface area contributed by atoms with Gasteiger partial charge in [-0.25, -0.2) is 43.5 Å². The summed E-state index contributed by atoms with van der Waals surface area (Å²) < 4.78 is 33.9. The minimum atomic E-state index is -0.636. The Balaban J connectivity index is 0.000000113.